The van der Waals surface area contributed by atoms with Gasteiger partial charge in [-0.2, -0.15) is 5.10 Å². The second kappa shape index (κ2) is 7.64. The monoisotopic (exact) mass is 371 g/mol. The molecule has 1 atom stereocenters. The molecule has 1 N–H and O–H groups in total. The number of rotatable bonds is 5. The minimum Gasteiger partial charge on any atom is -0.355 e. The maximum absolute atomic E-state index is 12.3. The predicted molar refractivity (Wildman–Crippen MR) is 105 cm³/mol. The molecule has 1 amide bonds. The minimum absolute atomic E-state index is 0.167. The second-order valence-electron chi connectivity index (χ2n) is 7.49. The van der Waals surface area contributed by atoms with Crippen LogP contribution in [0.25, 0.3) is 0 Å². The summed E-state index contributed by atoms with van der Waals surface area (Å²) in [5, 5.41) is 8.01. The first kappa shape index (κ1) is 19.3. The Morgan fingerprint density at radius 1 is 1.30 bits per heavy atom. The Bertz CT molecular complexity index is 843. The first-order valence-electron chi connectivity index (χ1n) is 9.31. The first-order chi connectivity index (χ1) is 12.8. The molecule has 2 aromatic heterocycles. The van der Waals surface area contributed by atoms with E-state index in [4.69, 9.17) is 0 Å². The smallest absolute Gasteiger partial charge is 0.291 e. The van der Waals surface area contributed by atoms with Gasteiger partial charge in [-0.25, -0.2) is 9.97 Å². The molecule has 8 heteroatoms. The Balaban J connectivity index is 1.71. The van der Waals surface area contributed by atoms with E-state index in [2.05, 4.69) is 31.3 Å². The van der Waals surface area contributed by atoms with E-state index in [9.17, 15) is 4.79 Å². The van der Waals surface area contributed by atoms with Crippen LogP contribution in [0.15, 0.2) is 6.07 Å². The lowest BCUT2D eigenvalue weighted by Crippen LogP contribution is -2.33. The van der Waals surface area contributed by atoms with Gasteiger partial charge in [0.1, 0.15) is 5.82 Å². The summed E-state index contributed by atoms with van der Waals surface area (Å²) in [5.74, 6) is 0.966. The first-order valence-corrected chi connectivity index (χ1v) is 9.31. The molecule has 27 heavy (non-hydrogen) atoms. The molecule has 0 saturated carbocycles. The lowest BCUT2D eigenvalue weighted by atomic mass is 10.2. The molecule has 0 unspecified atom stereocenters. The number of nitrogens with one attached hydrogen (secondary N) is 1. The fraction of sp³-hybridized carbons (Fsp3) is 0.579. The lowest BCUT2D eigenvalue weighted by Gasteiger charge is -2.22. The standard InChI is InChI=1S/C19H29N7O/c1-12-9-16(25(6)23-12)10-20-15-7-8-26(11-15)18-13(2)14(3)21-17(22-18)19(27)24(4)5/h9,15,20H,7-8,10-11H2,1-6H3/t15-/m1/s1. The minimum atomic E-state index is -0.167. The van der Waals surface area contributed by atoms with Gasteiger partial charge in [0.15, 0.2) is 0 Å². The van der Waals surface area contributed by atoms with Gasteiger partial charge in [0.2, 0.25) is 5.82 Å². The van der Waals surface area contributed by atoms with E-state index in [0.29, 0.717) is 6.04 Å². The maximum atomic E-state index is 12.3. The van der Waals surface area contributed by atoms with E-state index < -0.39 is 0 Å². The van der Waals surface area contributed by atoms with Gasteiger partial charge in [0, 0.05) is 58.1 Å². The van der Waals surface area contributed by atoms with Crippen LogP contribution < -0.4 is 10.2 Å². The zero-order chi connectivity index (χ0) is 19.7. The van der Waals surface area contributed by atoms with Gasteiger partial charge in [-0.3, -0.25) is 9.48 Å². The molecule has 3 rings (SSSR count). The summed E-state index contributed by atoms with van der Waals surface area (Å²) in [6.45, 7) is 8.53. The van der Waals surface area contributed by atoms with Crippen molar-refractivity contribution in [2.45, 2.75) is 39.8 Å². The highest BCUT2D eigenvalue weighted by Gasteiger charge is 2.26. The Morgan fingerprint density at radius 2 is 2.04 bits per heavy atom. The number of nitrogens with zero attached hydrogens (tertiary/aromatic N) is 6. The number of carbonyl (C=O) groups excluding carboxylic acids is 1. The van der Waals surface area contributed by atoms with Gasteiger partial charge in [-0.1, -0.05) is 0 Å². The summed E-state index contributed by atoms with van der Waals surface area (Å²) in [6.07, 6.45) is 1.04. The van der Waals surface area contributed by atoms with Gasteiger partial charge < -0.3 is 15.1 Å². The molecule has 2 aromatic rings. The van der Waals surface area contributed by atoms with Gasteiger partial charge in [0.25, 0.3) is 5.91 Å². The van der Waals surface area contributed by atoms with Crippen LogP contribution in [0.3, 0.4) is 0 Å². The van der Waals surface area contributed by atoms with Crippen molar-refractivity contribution >= 4 is 11.7 Å². The molecule has 0 bridgehead atoms. The highest BCUT2D eigenvalue weighted by molar-refractivity contribution is 5.90. The third kappa shape index (κ3) is 4.10. The van der Waals surface area contributed by atoms with Crippen LogP contribution in [-0.4, -0.2) is 63.8 Å². The number of aromatic nitrogens is 4. The highest BCUT2D eigenvalue weighted by Crippen LogP contribution is 2.24. The largest absolute Gasteiger partial charge is 0.355 e. The zero-order valence-electron chi connectivity index (χ0n) is 17.1. The van der Waals surface area contributed by atoms with Crippen molar-refractivity contribution in [3.63, 3.8) is 0 Å². The normalized spacial score (nSPS) is 16.8. The quantitative estimate of drug-likeness (QED) is 0.851. The van der Waals surface area contributed by atoms with E-state index in [1.54, 1.807) is 14.1 Å². The topological polar surface area (TPSA) is 79.2 Å². The van der Waals surface area contributed by atoms with Gasteiger partial charge in [-0.05, 0) is 33.3 Å². The van der Waals surface area contributed by atoms with Crippen molar-refractivity contribution in [1.82, 2.24) is 30.0 Å². The van der Waals surface area contributed by atoms with Crippen molar-refractivity contribution in [1.29, 1.82) is 0 Å². The molecule has 1 fully saturated rings. The Labute approximate surface area is 160 Å². The molecule has 0 spiro atoms. The molecule has 1 aliphatic rings. The van der Waals surface area contributed by atoms with Crippen molar-refractivity contribution in [2.24, 2.45) is 7.05 Å². The highest BCUT2D eigenvalue weighted by atomic mass is 16.2. The van der Waals surface area contributed by atoms with E-state index >= 15 is 0 Å². The van der Waals surface area contributed by atoms with Crippen molar-refractivity contribution in [2.75, 3.05) is 32.1 Å². The third-order valence-corrected chi connectivity index (χ3v) is 5.12. The molecule has 0 aromatic carbocycles. The summed E-state index contributed by atoms with van der Waals surface area (Å²) in [5.41, 5.74) is 4.10. The van der Waals surface area contributed by atoms with E-state index in [-0.39, 0.29) is 11.7 Å². The molecule has 146 valence electrons. The van der Waals surface area contributed by atoms with Gasteiger partial charge in [-0.15, -0.1) is 0 Å². The fourth-order valence-corrected chi connectivity index (χ4v) is 3.42. The summed E-state index contributed by atoms with van der Waals surface area (Å²) in [7, 11) is 5.41. The van der Waals surface area contributed by atoms with Crippen LogP contribution >= 0.6 is 0 Å². The van der Waals surface area contributed by atoms with Crippen LogP contribution in [0.1, 0.15) is 39.7 Å². The van der Waals surface area contributed by atoms with Crippen molar-refractivity contribution in [3.8, 4) is 0 Å². The molecule has 8 nitrogen and oxygen atoms in total. The van der Waals surface area contributed by atoms with Crippen LogP contribution in [-0.2, 0) is 13.6 Å². The average molecular weight is 371 g/mol. The maximum Gasteiger partial charge on any atom is 0.291 e. The Kier molecular flexibility index (Phi) is 5.46. The summed E-state index contributed by atoms with van der Waals surface area (Å²) in [4.78, 5) is 25.0. The van der Waals surface area contributed by atoms with E-state index in [1.807, 2.05) is 32.5 Å². The molecule has 0 aliphatic carbocycles. The molecule has 0 radical (unpaired) electrons. The van der Waals surface area contributed by atoms with E-state index in [1.165, 1.54) is 10.6 Å². The molecular formula is C19H29N7O. The van der Waals surface area contributed by atoms with Crippen molar-refractivity contribution in [3.05, 3.63) is 34.5 Å². The molecule has 1 aliphatic heterocycles. The summed E-state index contributed by atoms with van der Waals surface area (Å²) >= 11 is 0. The van der Waals surface area contributed by atoms with Crippen LogP contribution in [0, 0.1) is 20.8 Å². The molecule has 3 heterocycles. The fourth-order valence-electron chi connectivity index (χ4n) is 3.42. The zero-order valence-corrected chi connectivity index (χ0v) is 17.1. The number of hydrogen-bond donors (Lipinski definition) is 1. The summed E-state index contributed by atoms with van der Waals surface area (Å²) < 4.78 is 1.92. The van der Waals surface area contributed by atoms with Gasteiger partial charge in [0.05, 0.1) is 11.4 Å². The van der Waals surface area contributed by atoms with Crippen LogP contribution in [0.2, 0.25) is 0 Å². The lowest BCUT2D eigenvalue weighted by molar-refractivity contribution is 0.0815. The van der Waals surface area contributed by atoms with Crippen molar-refractivity contribution < 1.29 is 4.79 Å². The molecule has 1 saturated heterocycles. The number of carbonyl (C=O) groups is 1. The predicted octanol–water partition coefficient (Wildman–Crippen LogP) is 1.21. The average Bonchev–Trinajstić information content (AvgIpc) is 3.20. The Morgan fingerprint density at radius 3 is 2.67 bits per heavy atom. The number of anilines is 1. The number of hydrogen-bond acceptors (Lipinski definition) is 6. The second-order valence-corrected chi connectivity index (χ2v) is 7.49. The van der Waals surface area contributed by atoms with Gasteiger partial charge >= 0.3 is 0 Å². The number of aryl methyl sites for hydroxylation is 3. The number of amides is 1. The van der Waals surface area contributed by atoms with E-state index in [0.717, 1.165) is 48.8 Å². The van der Waals surface area contributed by atoms with Crippen LogP contribution in [0.5, 0.6) is 0 Å². The summed E-state index contributed by atoms with van der Waals surface area (Å²) in [6, 6.07) is 2.49. The molecular weight excluding hydrogens is 342 g/mol. The third-order valence-electron chi connectivity index (χ3n) is 5.12. The van der Waals surface area contributed by atoms with Crippen LogP contribution in [0.4, 0.5) is 5.82 Å². The Hall–Kier alpha value is -2.48. The SMILES string of the molecule is Cc1cc(CN[C@@H]2CCN(c3nc(C(=O)N(C)C)nc(C)c3C)C2)n(C)n1.